The van der Waals surface area contributed by atoms with Gasteiger partial charge in [0.15, 0.2) is 6.54 Å². The zero-order chi connectivity index (χ0) is 18.8. The lowest BCUT2D eigenvalue weighted by Crippen LogP contribution is -3.11. The number of nitrogens with one attached hydrogen (secondary N) is 2. The second-order valence-corrected chi connectivity index (χ2v) is 9.33. The Hall–Kier alpha value is -1.70. The van der Waals surface area contributed by atoms with Crippen molar-refractivity contribution in [3.8, 4) is 0 Å². The summed E-state index contributed by atoms with van der Waals surface area (Å²) in [6.07, 6.45) is 6.38. The van der Waals surface area contributed by atoms with Crippen LogP contribution >= 0.6 is 22.7 Å². The molecule has 2 aromatic rings. The summed E-state index contributed by atoms with van der Waals surface area (Å²) in [7, 11) is 1.40. The molecular formula is C20H25N2O3S2+. The molecular weight excluding hydrogens is 380 g/mol. The Morgan fingerprint density at radius 1 is 1.30 bits per heavy atom. The van der Waals surface area contributed by atoms with Gasteiger partial charge >= 0.3 is 5.97 Å². The van der Waals surface area contributed by atoms with Crippen LogP contribution in [0.5, 0.6) is 0 Å². The van der Waals surface area contributed by atoms with Crippen molar-refractivity contribution in [3.63, 3.8) is 0 Å². The van der Waals surface area contributed by atoms with E-state index in [9.17, 15) is 9.59 Å². The van der Waals surface area contributed by atoms with Gasteiger partial charge in [0.25, 0.3) is 5.91 Å². The van der Waals surface area contributed by atoms with Crippen LogP contribution in [0.2, 0.25) is 0 Å². The Labute approximate surface area is 167 Å². The fourth-order valence-corrected chi connectivity index (χ4v) is 6.52. The van der Waals surface area contributed by atoms with Gasteiger partial charge in [0.2, 0.25) is 0 Å². The van der Waals surface area contributed by atoms with E-state index in [4.69, 9.17) is 4.74 Å². The largest absolute Gasteiger partial charge is 0.465 e. The summed E-state index contributed by atoms with van der Waals surface area (Å²) < 4.78 is 4.99. The molecule has 7 heteroatoms. The average Bonchev–Trinajstić information content (AvgIpc) is 3.40. The van der Waals surface area contributed by atoms with Crippen LogP contribution < -0.4 is 10.2 Å². The maximum atomic E-state index is 12.8. The molecule has 1 saturated heterocycles. The molecule has 0 saturated carbocycles. The van der Waals surface area contributed by atoms with E-state index in [1.165, 1.54) is 21.8 Å². The molecule has 4 rings (SSSR count). The number of aryl methyl sites for hydroxylation is 1. The van der Waals surface area contributed by atoms with E-state index in [0.717, 1.165) is 50.6 Å². The summed E-state index contributed by atoms with van der Waals surface area (Å²) in [4.78, 5) is 29.0. The van der Waals surface area contributed by atoms with Gasteiger partial charge in [-0.3, -0.25) is 4.79 Å². The summed E-state index contributed by atoms with van der Waals surface area (Å²) in [6.45, 7) is 1.45. The summed E-state index contributed by atoms with van der Waals surface area (Å²) >= 11 is 3.32. The first kappa shape index (κ1) is 18.7. The van der Waals surface area contributed by atoms with Crippen LogP contribution in [0.15, 0.2) is 17.5 Å². The van der Waals surface area contributed by atoms with Gasteiger partial charge in [-0.15, -0.1) is 22.7 Å². The number of hydrogen-bond donors (Lipinski definition) is 2. The smallest absolute Gasteiger partial charge is 0.341 e. The maximum absolute atomic E-state index is 12.8. The molecule has 3 heterocycles. The number of carbonyl (C=O) groups is 2. The van der Waals surface area contributed by atoms with E-state index in [0.29, 0.717) is 23.2 Å². The van der Waals surface area contributed by atoms with Gasteiger partial charge in [0, 0.05) is 17.7 Å². The van der Waals surface area contributed by atoms with Gasteiger partial charge < -0.3 is 15.0 Å². The van der Waals surface area contributed by atoms with Crippen LogP contribution in [0.3, 0.4) is 0 Å². The Morgan fingerprint density at radius 3 is 2.93 bits per heavy atom. The van der Waals surface area contributed by atoms with Crippen molar-refractivity contribution in [2.75, 3.05) is 25.5 Å². The zero-order valence-corrected chi connectivity index (χ0v) is 17.1. The van der Waals surface area contributed by atoms with E-state index in [2.05, 4.69) is 22.8 Å². The molecule has 5 nitrogen and oxygen atoms in total. The summed E-state index contributed by atoms with van der Waals surface area (Å²) in [5.74, 6) is -0.355. The Kier molecular flexibility index (Phi) is 5.61. The summed E-state index contributed by atoms with van der Waals surface area (Å²) in [6, 6.07) is 4.66. The minimum absolute atomic E-state index is 0.0165. The number of likely N-dealkylation sites (tertiary alicyclic amines) is 1. The maximum Gasteiger partial charge on any atom is 0.341 e. The summed E-state index contributed by atoms with van der Waals surface area (Å²) in [5, 5.41) is 5.81. The van der Waals surface area contributed by atoms with Gasteiger partial charge in [-0.25, -0.2) is 4.79 Å². The van der Waals surface area contributed by atoms with Crippen molar-refractivity contribution in [1.29, 1.82) is 0 Å². The van der Waals surface area contributed by atoms with E-state index in [-0.39, 0.29) is 11.9 Å². The van der Waals surface area contributed by atoms with Crippen LogP contribution in [0.25, 0.3) is 0 Å². The molecule has 0 aromatic carbocycles. The molecule has 0 spiro atoms. The monoisotopic (exact) mass is 405 g/mol. The molecule has 2 atom stereocenters. The number of hydrogen-bond acceptors (Lipinski definition) is 5. The Bertz CT molecular complexity index is 829. The SMILES string of the molecule is COC(=O)c1c(NC(=O)C[NH+]2CCC[C@H]2c2cccs2)sc2c1CCCC2. The molecule has 0 bridgehead atoms. The normalized spacial score (nSPS) is 21.7. The summed E-state index contributed by atoms with van der Waals surface area (Å²) in [5.41, 5.74) is 1.66. The molecule has 1 aliphatic heterocycles. The van der Waals surface area contributed by atoms with Crippen LogP contribution in [0.1, 0.15) is 57.4 Å². The number of ether oxygens (including phenoxy) is 1. The van der Waals surface area contributed by atoms with Crippen molar-refractivity contribution < 1.29 is 19.2 Å². The van der Waals surface area contributed by atoms with Gasteiger partial charge in [-0.2, -0.15) is 0 Å². The molecule has 0 radical (unpaired) electrons. The number of fused-ring (bicyclic) bond motifs is 1. The average molecular weight is 406 g/mol. The lowest BCUT2D eigenvalue weighted by molar-refractivity contribution is -0.910. The van der Waals surface area contributed by atoms with Crippen molar-refractivity contribution in [2.24, 2.45) is 0 Å². The lowest BCUT2D eigenvalue weighted by Gasteiger charge is -2.20. The molecule has 1 fully saturated rings. The third-order valence-electron chi connectivity index (χ3n) is 5.57. The van der Waals surface area contributed by atoms with E-state index >= 15 is 0 Å². The second kappa shape index (κ2) is 8.12. The predicted molar refractivity (Wildman–Crippen MR) is 108 cm³/mol. The highest BCUT2D eigenvalue weighted by atomic mass is 32.1. The first-order valence-electron chi connectivity index (χ1n) is 9.58. The minimum Gasteiger partial charge on any atom is -0.465 e. The highest BCUT2D eigenvalue weighted by molar-refractivity contribution is 7.17. The first-order chi connectivity index (χ1) is 13.2. The number of anilines is 1. The van der Waals surface area contributed by atoms with Crippen LogP contribution in [0.4, 0.5) is 5.00 Å². The highest BCUT2D eigenvalue weighted by Gasteiger charge is 2.33. The number of thiophene rings is 2. The fraction of sp³-hybridized carbons (Fsp3) is 0.500. The van der Waals surface area contributed by atoms with Crippen LogP contribution in [0, 0.1) is 0 Å². The molecule has 144 valence electrons. The van der Waals surface area contributed by atoms with Gasteiger partial charge in [0.1, 0.15) is 11.0 Å². The van der Waals surface area contributed by atoms with Crippen molar-refractivity contribution in [3.05, 3.63) is 38.4 Å². The number of carbonyl (C=O) groups excluding carboxylic acids is 2. The molecule has 2 aliphatic rings. The number of esters is 1. The first-order valence-corrected chi connectivity index (χ1v) is 11.3. The van der Waals surface area contributed by atoms with E-state index < -0.39 is 0 Å². The molecule has 27 heavy (non-hydrogen) atoms. The topological polar surface area (TPSA) is 59.8 Å². The predicted octanol–water partition coefficient (Wildman–Crippen LogP) is 2.83. The Morgan fingerprint density at radius 2 is 2.15 bits per heavy atom. The lowest BCUT2D eigenvalue weighted by atomic mass is 9.95. The van der Waals surface area contributed by atoms with Crippen LogP contribution in [-0.4, -0.2) is 32.1 Å². The van der Waals surface area contributed by atoms with Crippen molar-refractivity contribution >= 4 is 39.6 Å². The number of amides is 1. The highest BCUT2D eigenvalue weighted by Crippen LogP contribution is 2.38. The van der Waals surface area contributed by atoms with E-state index in [1.807, 2.05) is 0 Å². The standard InChI is InChI=1S/C20H24N2O3S2/c1-25-20(24)18-13-6-2-3-8-15(13)27-19(18)21-17(23)12-22-10-4-7-14(22)16-9-5-11-26-16/h5,9,11,14H,2-4,6-8,10,12H2,1H3,(H,21,23)/p+1/t14-/m0/s1. The number of rotatable bonds is 5. The number of quaternary nitrogens is 1. The molecule has 2 N–H and O–H groups in total. The quantitative estimate of drug-likeness (QED) is 0.752. The zero-order valence-electron chi connectivity index (χ0n) is 15.5. The van der Waals surface area contributed by atoms with E-state index in [1.54, 1.807) is 22.7 Å². The third kappa shape index (κ3) is 3.81. The number of methoxy groups -OCH3 is 1. The molecule has 2 aromatic heterocycles. The van der Waals surface area contributed by atoms with Crippen molar-refractivity contribution in [1.82, 2.24) is 0 Å². The Balaban J connectivity index is 1.50. The third-order valence-corrected chi connectivity index (χ3v) is 7.76. The molecule has 1 amide bonds. The second-order valence-electron chi connectivity index (χ2n) is 7.25. The van der Waals surface area contributed by atoms with Crippen LogP contribution in [-0.2, 0) is 22.4 Å². The molecule has 1 unspecified atom stereocenters. The fourth-order valence-electron chi connectivity index (χ4n) is 4.31. The molecule has 1 aliphatic carbocycles. The van der Waals surface area contributed by atoms with Gasteiger partial charge in [-0.05, 0) is 42.7 Å². The minimum atomic E-state index is -0.338. The van der Waals surface area contributed by atoms with Gasteiger partial charge in [0.05, 0.1) is 24.1 Å². The van der Waals surface area contributed by atoms with Crippen molar-refractivity contribution in [2.45, 2.75) is 44.6 Å². The van der Waals surface area contributed by atoms with Gasteiger partial charge in [-0.1, -0.05) is 6.07 Å².